The quantitative estimate of drug-likeness (QED) is 0.351. The molecule has 1 atom stereocenters. The number of nitrogens with zero attached hydrogens (tertiary/aromatic N) is 1. The number of ketones is 1. The Kier molecular flexibility index (Phi) is 8.50. The number of hydrogen-bond acceptors (Lipinski definition) is 5. The lowest BCUT2D eigenvalue weighted by Gasteiger charge is -2.29. The molecular weight excluding hydrogens is 403 g/mol. The van der Waals surface area contributed by atoms with E-state index in [2.05, 4.69) is 4.98 Å². The van der Waals surface area contributed by atoms with Crippen LogP contribution in [0.25, 0.3) is 0 Å². The first kappa shape index (κ1) is 24.3. The summed E-state index contributed by atoms with van der Waals surface area (Å²) in [4.78, 5) is 42.8. The molecule has 0 aliphatic carbocycles. The standard InChI is InChI=1S/C23H29FN2O5/c1-6-31-12-8-11-26(22(28)17-9-7-10-18(24)13-17)16(4)21(27)19-14(2)20(23(29)30-5)25-15(19)3/h7,9-10,13,16,25H,6,8,11-12H2,1-5H3/t16-/m1/s1. The van der Waals surface area contributed by atoms with Crippen LogP contribution in [0.1, 0.15) is 62.7 Å². The lowest BCUT2D eigenvalue weighted by Crippen LogP contribution is -2.44. The van der Waals surface area contributed by atoms with Gasteiger partial charge in [-0.15, -0.1) is 0 Å². The molecule has 2 rings (SSSR count). The van der Waals surface area contributed by atoms with Crippen molar-refractivity contribution >= 4 is 17.7 Å². The van der Waals surface area contributed by atoms with E-state index in [1.165, 1.54) is 30.2 Å². The number of H-pyrrole nitrogens is 1. The number of aromatic amines is 1. The van der Waals surface area contributed by atoms with Crippen LogP contribution in [0.2, 0.25) is 0 Å². The molecule has 1 aromatic carbocycles. The Morgan fingerprint density at radius 1 is 1.23 bits per heavy atom. The Bertz CT molecular complexity index is 953. The van der Waals surface area contributed by atoms with Crippen LogP contribution < -0.4 is 0 Å². The van der Waals surface area contributed by atoms with E-state index in [1.807, 2.05) is 6.92 Å². The SMILES string of the molecule is CCOCCCN(C(=O)c1cccc(F)c1)[C@H](C)C(=O)c1c(C)[nH]c(C(=O)OC)c1C. The number of halogens is 1. The van der Waals surface area contributed by atoms with Gasteiger partial charge in [0.25, 0.3) is 5.91 Å². The number of nitrogens with one attached hydrogen (secondary N) is 1. The zero-order valence-corrected chi connectivity index (χ0v) is 18.6. The van der Waals surface area contributed by atoms with Gasteiger partial charge in [-0.25, -0.2) is 9.18 Å². The molecule has 0 spiro atoms. The molecule has 0 saturated carbocycles. The number of aryl methyl sites for hydroxylation is 1. The largest absolute Gasteiger partial charge is 0.464 e. The predicted octanol–water partition coefficient (Wildman–Crippen LogP) is 3.70. The highest BCUT2D eigenvalue weighted by Gasteiger charge is 2.31. The minimum Gasteiger partial charge on any atom is -0.464 e. The summed E-state index contributed by atoms with van der Waals surface area (Å²) >= 11 is 0. The molecule has 1 N–H and O–H groups in total. The molecule has 0 radical (unpaired) electrons. The fraction of sp³-hybridized carbons (Fsp3) is 0.435. The van der Waals surface area contributed by atoms with Crippen LogP contribution in [-0.4, -0.2) is 60.5 Å². The van der Waals surface area contributed by atoms with Crippen LogP contribution in [0, 0.1) is 19.7 Å². The Morgan fingerprint density at radius 3 is 2.55 bits per heavy atom. The van der Waals surface area contributed by atoms with Gasteiger partial charge in [-0.2, -0.15) is 0 Å². The van der Waals surface area contributed by atoms with Gasteiger partial charge in [0.1, 0.15) is 11.5 Å². The van der Waals surface area contributed by atoms with E-state index in [0.29, 0.717) is 36.5 Å². The molecule has 0 aliphatic heterocycles. The van der Waals surface area contributed by atoms with Crippen LogP contribution >= 0.6 is 0 Å². The molecule has 31 heavy (non-hydrogen) atoms. The Balaban J connectivity index is 2.36. The van der Waals surface area contributed by atoms with Gasteiger partial charge in [0.2, 0.25) is 0 Å². The monoisotopic (exact) mass is 432 g/mol. The van der Waals surface area contributed by atoms with Crippen LogP contribution in [0.15, 0.2) is 24.3 Å². The van der Waals surface area contributed by atoms with Crippen molar-refractivity contribution in [3.05, 3.63) is 58.2 Å². The molecule has 0 fully saturated rings. The number of benzene rings is 1. The number of hydrogen-bond donors (Lipinski definition) is 1. The van der Waals surface area contributed by atoms with E-state index in [1.54, 1.807) is 20.8 Å². The second kappa shape index (κ2) is 10.9. The number of rotatable bonds is 10. The minimum absolute atomic E-state index is 0.161. The molecule has 1 aromatic heterocycles. The first-order valence-corrected chi connectivity index (χ1v) is 10.2. The third-order valence-electron chi connectivity index (χ3n) is 5.14. The van der Waals surface area contributed by atoms with Crippen LogP contribution in [0.5, 0.6) is 0 Å². The van der Waals surface area contributed by atoms with Crippen molar-refractivity contribution < 1.29 is 28.2 Å². The molecule has 1 amide bonds. The van der Waals surface area contributed by atoms with E-state index in [9.17, 15) is 18.8 Å². The summed E-state index contributed by atoms with van der Waals surface area (Å²) in [5.41, 5.74) is 1.69. The van der Waals surface area contributed by atoms with Crippen molar-refractivity contribution in [2.75, 3.05) is 26.9 Å². The maximum atomic E-state index is 13.7. The lowest BCUT2D eigenvalue weighted by atomic mass is 9.99. The summed E-state index contributed by atoms with van der Waals surface area (Å²) in [5, 5.41) is 0. The molecule has 0 bridgehead atoms. The van der Waals surface area contributed by atoms with E-state index in [-0.39, 0.29) is 23.6 Å². The third kappa shape index (κ3) is 5.58. The summed E-state index contributed by atoms with van der Waals surface area (Å²) in [5.74, 6) is -1.87. The van der Waals surface area contributed by atoms with Gasteiger partial charge in [0.15, 0.2) is 5.78 Å². The van der Waals surface area contributed by atoms with E-state index in [0.717, 1.165) is 6.07 Å². The van der Waals surface area contributed by atoms with Crippen LogP contribution in [0.3, 0.4) is 0 Å². The maximum absolute atomic E-state index is 13.7. The van der Waals surface area contributed by atoms with Crippen molar-refractivity contribution in [2.24, 2.45) is 0 Å². The average molecular weight is 432 g/mol. The summed E-state index contributed by atoms with van der Waals surface area (Å²) < 4.78 is 23.8. The number of ether oxygens (including phenoxy) is 2. The van der Waals surface area contributed by atoms with Crippen molar-refractivity contribution in [3.8, 4) is 0 Å². The first-order valence-electron chi connectivity index (χ1n) is 10.2. The van der Waals surface area contributed by atoms with Gasteiger partial charge in [0, 0.05) is 36.6 Å². The van der Waals surface area contributed by atoms with Crippen molar-refractivity contribution in [3.63, 3.8) is 0 Å². The third-order valence-corrected chi connectivity index (χ3v) is 5.14. The summed E-state index contributed by atoms with van der Waals surface area (Å²) in [6.07, 6.45) is 0.519. The second-order valence-electron chi connectivity index (χ2n) is 7.22. The summed E-state index contributed by atoms with van der Waals surface area (Å²) in [7, 11) is 1.26. The highest BCUT2D eigenvalue weighted by molar-refractivity contribution is 6.07. The lowest BCUT2D eigenvalue weighted by molar-refractivity contribution is 0.0588. The second-order valence-corrected chi connectivity index (χ2v) is 7.22. The van der Waals surface area contributed by atoms with Crippen LogP contribution in [-0.2, 0) is 9.47 Å². The van der Waals surface area contributed by atoms with E-state index in [4.69, 9.17) is 9.47 Å². The first-order chi connectivity index (χ1) is 14.7. The number of esters is 1. The average Bonchev–Trinajstić information content (AvgIpc) is 3.05. The highest BCUT2D eigenvalue weighted by atomic mass is 19.1. The fourth-order valence-electron chi connectivity index (χ4n) is 3.52. The predicted molar refractivity (Wildman–Crippen MR) is 114 cm³/mol. The molecule has 0 saturated heterocycles. The normalized spacial score (nSPS) is 11.8. The van der Waals surface area contributed by atoms with Gasteiger partial charge in [0.05, 0.1) is 13.2 Å². The molecule has 7 nitrogen and oxygen atoms in total. The molecular formula is C23H29FN2O5. The van der Waals surface area contributed by atoms with Gasteiger partial charge < -0.3 is 19.4 Å². The molecule has 2 aromatic rings. The number of carbonyl (C=O) groups is 3. The highest BCUT2D eigenvalue weighted by Crippen LogP contribution is 2.23. The van der Waals surface area contributed by atoms with Gasteiger partial charge in [-0.1, -0.05) is 6.07 Å². The van der Waals surface area contributed by atoms with Gasteiger partial charge in [-0.05, 0) is 57.9 Å². The maximum Gasteiger partial charge on any atom is 0.354 e. The molecule has 0 unspecified atom stereocenters. The van der Waals surface area contributed by atoms with Gasteiger partial charge in [-0.3, -0.25) is 9.59 Å². The number of amides is 1. The Labute approximate surface area is 181 Å². The van der Waals surface area contributed by atoms with Gasteiger partial charge >= 0.3 is 5.97 Å². The van der Waals surface area contributed by atoms with Crippen LogP contribution in [0.4, 0.5) is 4.39 Å². The molecule has 168 valence electrons. The molecule has 1 heterocycles. The minimum atomic E-state index is -0.837. The number of carbonyl (C=O) groups excluding carboxylic acids is 3. The molecule has 0 aliphatic rings. The number of methoxy groups -OCH3 is 1. The zero-order chi connectivity index (χ0) is 23.1. The van der Waals surface area contributed by atoms with Crippen molar-refractivity contribution in [2.45, 2.75) is 40.2 Å². The van der Waals surface area contributed by atoms with E-state index < -0.39 is 23.7 Å². The Morgan fingerprint density at radius 2 is 1.94 bits per heavy atom. The Hall–Kier alpha value is -3.00. The smallest absolute Gasteiger partial charge is 0.354 e. The van der Waals surface area contributed by atoms with Crippen molar-refractivity contribution in [1.82, 2.24) is 9.88 Å². The summed E-state index contributed by atoms with van der Waals surface area (Å²) in [6.45, 7) is 8.08. The fourth-order valence-corrected chi connectivity index (χ4v) is 3.52. The summed E-state index contributed by atoms with van der Waals surface area (Å²) in [6, 6.07) is 4.54. The molecule has 8 heteroatoms. The number of aromatic nitrogens is 1. The van der Waals surface area contributed by atoms with E-state index >= 15 is 0 Å². The number of Topliss-reactive ketones (excluding diaryl/α,β-unsaturated/α-hetero) is 1. The zero-order valence-electron chi connectivity index (χ0n) is 18.6. The van der Waals surface area contributed by atoms with Crippen molar-refractivity contribution in [1.29, 1.82) is 0 Å². The topological polar surface area (TPSA) is 88.7 Å².